The van der Waals surface area contributed by atoms with E-state index < -0.39 is 10.1 Å². The van der Waals surface area contributed by atoms with Crippen molar-refractivity contribution < 1.29 is 18.2 Å². The van der Waals surface area contributed by atoms with Gasteiger partial charge in [-0.05, 0) is 36.8 Å². The number of nitrogens with two attached hydrogens (primary N) is 1. The van der Waals surface area contributed by atoms with Gasteiger partial charge in [-0.15, -0.1) is 5.10 Å². The molecule has 9 nitrogen and oxygen atoms in total. The lowest BCUT2D eigenvalue weighted by Crippen LogP contribution is -2.27. The molecule has 5 N–H and O–H groups in total. The quantitative estimate of drug-likeness (QED) is 0.273. The van der Waals surface area contributed by atoms with Gasteiger partial charge in [0.2, 0.25) is 5.96 Å². The molecule has 26 heavy (non-hydrogen) atoms. The minimum atomic E-state index is -4.02. The molecule has 0 amide bonds. The Morgan fingerprint density at radius 2 is 1.92 bits per heavy atom. The molecule has 0 aromatic heterocycles. The molecular weight excluding hydrogens is 358 g/mol. The highest BCUT2D eigenvalue weighted by Crippen LogP contribution is 2.08. The van der Waals surface area contributed by atoms with E-state index in [4.69, 9.17) is 20.8 Å². The summed E-state index contributed by atoms with van der Waals surface area (Å²) in [6, 6.07) is 14.8. The summed E-state index contributed by atoms with van der Waals surface area (Å²) < 4.78 is 29.6. The second-order valence-electron chi connectivity index (χ2n) is 4.87. The lowest BCUT2D eigenvalue weighted by molar-refractivity contribution is 0.232. The lowest BCUT2D eigenvalue weighted by Gasteiger charge is -1.95. The van der Waals surface area contributed by atoms with Crippen LogP contribution in [-0.4, -0.2) is 30.4 Å². The number of hydroxylamine groups is 1. The SMILES string of the molecule is Cc1ccc(S(=O)(=O)O)cc1.N#Cc1cccc(C=N/N=C(\N)NO)c1. The van der Waals surface area contributed by atoms with E-state index in [9.17, 15) is 8.42 Å². The van der Waals surface area contributed by atoms with Gasteiger partial charge in [-0.25, -0.2) is 5.48 Å². The van der Waals surface area contributed by atoms with Crippen LogP contribution in [0.2, 0.25) is 0 Å². The zero-order chi connectivity index (χ0) is 19.6. The number of nitrogens with one attached hydrogen (secondary N) is 1. The highest BCUT2D eigenvalue weighted by molar-refractivity contribution is 7.85. The van der Waals surface area contributed by atoms with E-state index in [0.29, 0.717) is 5.56 Å². The molecule has 2 aromatic carbocycles. The number of nitrogens with zero attached hydrogens (tertiary/aromatic N) is 3. The van der Waals surface area contributed by atoms with E-state index in [1.165, 1.54) is 18.3 Å². The Bertz CT molecular complexity index is 932. The molecular formula is C16H17N5O4S. The minimum Gasteiger partial charge on any atom is -0.367 e. The molecule has 0 bridgehead atoms. The summed E-state index contributed by atoms with van der Waals surface area (Å²) in [6.07, 6.45) is 1.42. The molecule has 136 valence electrons. The van der Waals surface area contributed by atoms with Crippen molar-refractivity contribution in [2.45, 2.75) is 11.8 Å². The van der Waals surface area contributed by atoms with E-state index in [-0.39, 0.29) is 10.9 Å². The van der Waals surface area contributed by atoms with Crippen LogP contribution >= 0.6 is 0 Å². The second-order valence-corrected chi connectivity index (χ2v) is 6.29. The molecule has 10 heteroatoms. The van der Waals surface area contributed by atoms with E-state index >= 15 is 0 Å². The van der Waals surface area contributed by atoms with Crippen molar-refractivity contribution in [2.24, 2.45) is 15.9 Å². The number of rotatable bonds is 3. The summed E-state index contributed by atoms with van der Waals surface area (Å²) in [5, 5.41) is 23.9. The van der Waals surface area contributed by atoms with Crippen LogP contribution in [0.5, 0.6) is 0 Å². The van der Waals surface area contributed by atoms with Gasteiger partial charge < -0.3 is 5.73 Å². The van der Waals surface area contributed by atoms with Gasteiger partial charge >= 0.3 is 0 Å². The Morgan fingerprint density at radius 1 is 1.27 bits per heavy atom. The Morgan fingerprint density at radius 3 is 2.46 bits per heavy atom. The predicted octanol–water partition coefficient (Wildman–Crippen LogP) is 1.43. The topological polar surface area (TPSA) is 161 Å². The van der Waals surface area contributed by atoms with Gasteiger partial charge in [0.25, 0.3) is 10.1 Å². The zero-order valence-corrected chi connectivity index (χ0v) is 14.6. The van der Waals surface area contributed by atoms with E-state index in [0.717, 1.165) is 11.1 Å². The molecule has 0 aliphatic carbocycles. The molecule has 2 aromatic rings. The van der Waals surface area contributed by atoms with E-state index in [1.54, 1.807) is 41.9 Å². The molecule has 0 spiro atoms. The van der Waals surface area contributed by atoms with Crippen molar-refractivity contribution in [3.05, 3.63) is 65.2 Å². The van der Waals surface area contributed by atoms with Gasteiger partial charge in [0.1, 0.15) is 0 Å². The summed E-state index contributed by atoms with van der Waals surface area (Å²) in [6.45, 7) is 1.84. The van der Waals surface area contributed by atoms with Gasteiger partial charge in [0.15, 0.2) is 0 Å². The standard InChI is InChI=1S/C9H9N5O.C7H8O3S/c10-5-7-2-1-3-8(4-7)6-12-13-9(11)14-15;1-6-2-4-7(5-3-6)11(8,9)10/h1-4,6,15H,(H3,11,13,14);2-5H,1H3,(H,8,9,10). The number of nitriles is 1. The van der Waals surface area contributed by atoms with E-state index in [1.807, 2.05) is 13.0 Å². The normalized spacial score (nSPS) is 11.4. The van der Waals surface area contributed by atoms with Gasteiger partial charge in [-0.1, -0.05) is 29.8 Å². The van der Waals surface area contributed by atoms with Crippen molar-refractivity contribution in [2.75, 3.05) is 0 Å². The van der Waals surface area contributed by atoms with Gasteiger partial charge in [-0.3, -0.25) is 9.76 Å². The van der Waals surface area contributed by atoms with Crippen LogP contribution in [0.25, 0.3) is 0 Å². The van der Waals surface area contributed by atoms with Gasteiger partial charge in [-0.2, -0.15) is 18.8 Å². The van der Waals surface area contributed by atoms with Crippen LogP contribution in [0.3, 0.4) is 0 Å². The summed E-state index contributed by atoms with van der Waals surface area (Å²) in [4.78, 5) is -0.0666. The first kappa shape index (κ1) is 20.8. The third kappa shape index (κ3) is 7.54. The first-order valence-electron chi connectivity index (χ1n) is 7.07. The predicted molar refractivity (Wildman–Crippen MR) is 96.3 cm³/mol. The summed E-state index contributed by atoms with van der Waals surface area (Å²) in [5.74, 6) is -0.206. The Labute approximate surface area is 150 Å². The average Bonchev–Trinajstić information content (AvgIpc) is 2.62. The first-order valence-corrected chi connectivity index (χ1v) is 8.51. The van der Waals surface area contributed by atoms with Crippen LogP contribution in [0.1, 0.15) is 16.7 Å². The molecule has 0 aliphatic rings. The minimum absolute atomic E-state index is 0.0666. The maximum absolute atomic E-state index is 10.5. The Balaban J connectivity index is 0.000000273. The zero-order valence-electron chi connectivity index (χ0n) is 13.7. The Kier molecular flexibility index (Phi) is 7.91. The maximum atomic E-state index is 10.5. The van der Waals surface area contributed by atoms with Crippen molar-refractivity contribution >= 4 is 22.3 Å². The third-order valence-corrected chi connectivity index (χ3v) is 3.69. The highest BCUT2D eigenvalue weighted by Gasteiger charge is 2.06. The average molecular weight is 375 g/mol. The van der Waals surface area contributed by atoms with Crippen molar-refractivity contribution in [3.63, 3.8) is 0 Å². The summed E-state index contributed by atoms with van der Waals surface area (Å²) in [7, 11) is -4.02. The molecule has 0 radical (unpaired) electrons. The maximum Gasteiger partial charge on any atom is 0.294 e. The molecule has 2 rings (SSSR count). The molecule has 0 saturated carbocycles. The molecule has 0 fully saturated rings. The van der Waals surface area contributed by atoms with Crippen LogP contribution in [-0.2, 0) is 10.1 Å². The van der Waals surface area contributed by atoms with Crippen LogP contribution < -0.4 is 11.2 Å². The van der Waals surface area contributed by atoms with Gasteiger partial charge in [0, 0.05) is 0 Å². The fourth-order valence-electron chi connectivity index (χ4n) is 1.58. The van der Waals surface area contributed by atoms with Gasteiger partial charge in [0.05, 0.1) is 22.7 Å². The van der Waals surface area contributed by atoms with Crippen LogP contribution in [0.4, 0.5) is 0 Å². The molecule has 0 heterocycles. The monoisotopic (exact) mass is 375 g/mol. The molecule has 0 unspecified atom stereocenters. The number of hydrogen-bond acceptors (Lipinski definition) is 6. The third-order valence-electron chi connectivity index (χ3n) is 2.82. The lowest BCUT2D eigenvalue weighted by atomic mass is 10.1. The van der Waals surface area contributed by atoms with Crippen molar-refractivity contribution in [1.29, 1.82) is 5.26 Å². The fraction of sp³-hybridized carbons (Fsp3) is 0.0625. The van der Waals surface area contributed by atoms with E-state index in [2.05, 4.69) is 10.2 Å². The van der Waals surface area contributed by atoms with Crippen LogP contribution in [0.15, 0.2) is 63.6 Å². The van der Waals surface area contributed by atoms with Crippen molar-refractivity contribution in [1.82, 2.24) is 5.48 Å². The summed E-state index contributed by atoms with van der Waals surface area (Å²) in [5.41, 5.74) is 8.97. The highest BCUT2D eigenvalue weighted by atomic mass is 32.2. The molecule has 0 atom stereocenters. The number of guanidine groups is 1. The van der Waals surface area contributed by atoms with Crippen LogP contribution in [0, 0.1) is 18.3 Å². The number of aryl methyl sites for hydroxylation is 1. The summed E-state index contributed by atoms with van der Waals surface area (Å²) >= 11 is 0. The molecule has 0 aliphatic heterocycles. The number of hydrogen-bond donors (Lipinski definition) is 4. The Hall–Kier alpha value is -3.26. The fourth-order valence-corrected chi connectivity index (χ4v) is 2.06. The largest absolute Gasteiger partial charge is 0.367 e. The smallest absolute Gasteiger partial charge is 0.294 e. The molecule has 0 saturated heterocycles. The first-order chi connectivity index (χ1) is 12.3. The number of benzene rings is 2. The second kappa shape index (κ2) is 9.90. The van der Waals surface area contributed by atoms with Crippen molar-refractivity contribution in [3.8, 4) is 6.07 Å².